The van der Waals surface area contributed by atoms with Gasteiger partial charge in [0, 0.05) is 12.7 Å². The molecule has 4 nitrogen and oxygen atoms in total. The van der Waals surface area contributed by atoms with Crippen LogP contribution < -0.4 is 0 Å². The molecule has 1 saturated carbocycles. The Morgan fingerprint density at radius 1 is 1.36 bits per heavy atom. The summed E-state index contributed by atoms with van der Waals surface area (Å²) in [7, 11) is 1.54. The SMILES string of the molecule is COC1C=C(CC[C@]2(C)[C@@H](C)CC[C@@]3(C)C(C=O)=CCC[C@@H]23)C(=O)O1. The summed E-state index contributed by atoms with van der Waals surface area (Å²) >= 11 is 0. The minimum atomic E-state index is -0.538. The van der Waals surface area contributed by atoms with Crippen molar-refractivity contribution in [2.75, 3.05) is 7.11 Å². The molecule has 1 aliphatic heterocycles. The van der Waals surface area contributed by atoms with E-state index < -0.39 is 6.29 Å². The molecular weight excluding hydrogens is 316 g/mol. The van der Waals surface area contributed by atoms with E-state index in [9.17, 15) is 9.59 Å². The molecule has 0 radical (unpaired) electrons. The Hall–Kier alpha value is -1.42. The van der Waals surface area contributed by atoms with E-state index >= 15 is 0 Å². The molecule has 2 aliphatic carbocycles. The molecule has 3 aliphatic rings. The lowest BCUT2D eigenvalue weighted by molar-refractivity contribution is -0.155. The Balaban J connectivity index is 1.82. The Kier molecular flexibility index (Phi) is 4.93. The summed E-state index contributed by atoms with van der Waals surface area (Å²) in [5, 5.41) is 0. The van der Waals surface area contributed by atoms with Crippen molar-refractivity contribution in [1.29, 1.82) is 0 Å². The number of aldehydes is 1. The van der Waals surface area contributed by atoms with Crippen LogP contribution in [0.3, 0.4) is 0 Å². The van der Waals surface area contributed by atoms with Crippen molar-refractivity contribution < 1.29 is 19.1 Å². The van der Waals surface area contributed by atoms with Gasteiger partial charge in [-0.3, -0.25) is 4.79 Å². The van der Waals surface area contributed by atoms with Crippen LogP contribution in [0.25, 0.3) is 0 Å². The van der Waals surface area contributed by atoms with Crippen LogP contribution in [-0.2, 0) is 19.1 Å². The third-order valence-electron chi connectivity index (χ3n) is 7.38. The van der Waals surface area contributed by atoms with E-state index in [1.807, 2.05) is 0 Å². The first kappa shape index (κ1) is 18.4. The van der Waals surface area contributed by atoms with Gasteiger partial charge in [-0.2, -0.15) is 0 Å². The summed E-state index contributed by atoms with van der Waals surface area (Å²) in [4.78, 5) is 23.7. The maximum Gasteiger partial charge on any atom is 0.336 e. The van der Waals surface area contributed by atoms with Crippen LogP contribution in [0.4, 0.5) is 0 Å². The van der Waals surface area contributed by atoms with E-state index in [2.05, 4.69) is 26.8 Å². The van der Waals surface area contributed by atoms with Gasteiger partial charge in [-0.15, -0.1) is 0 Å². The van der Waals surface area contributed by atoms with Gasteiger partial charge in [-0.1, -0.05) is 26.8 Å². The van der Waals surface area contributed by atoms with Crippen molar-refractivity contribution in [3.63, 3.8) is 0 Å². The number of carbonyl (C=O) groups excluding carboxylic acids is 2. The molecular formula is C21H30O4. The van der Waals surface area contributed by atoms with Crippen LogP contribution in [0, 0.1) is 22.7 Å². The highest BCUT2D eigenvalue weighted by Gasteiger charge is 2.53. The second kappa shape index (κ2) is 6.71. The van der Waals surface area contributed by atoms with E-state index in [0.29, 0.717) is 18.3 Å². The van der Waals surface area contributed by atoms with Crippen LogP contribution >= 0.6 is 0 Å². The van der Waals surface area contributed by atoms with E-state index in [-0.39, 0.29) is 16.8 Å². The van der Waals surface area contributed by atoms with Crippen LogP contribution in [0.2, 0.25) is 0 Å². The van der Waals surface area contributed by atoms with Gasteiger partial charge in [-0.05, 0) is 72.8 Å². The lowest BCUT2D eigenvalue weighted by atomic mass is 9.47. The number of ether oxygens (including phenoxy) is 2. The molecule has 4 heteroatoms. The predicted molar refractivity (Wildman–Crippen MR) is 95.7 cm³/mol. The van der Waals surface area contributed by atoms with Crippen molar-refractivity contribution in [2.24, 2.45) is 22.7 Å². The average Bonchev–Trinajstić information content (AvgIpc) is 2.97. The summed E-state index contributed by atoms with van der Waals surface area (Å²) in [6.45, 7) is 6.96. The number of esters is 1. The molecule has 138 valence electrons. The Morgan fingerprint density at radius 3 is 2.76 bits per heavy atom. The van der Waals surface area contributed by atoms with E-state index in [1.54, 1.807) is 13.2 Å². The lowest BCUT2D eigenvalue weighted by Gasteiger charge is -2.57. The van der Waals surface area contributed by atoms with E-state index in [4.69, 9.17) is 9.47 Å². The largest absolute Gasteiger partial charge is 0.429 e. The zero-order valence-corrected chi connectivity index (χ0v) is 15.8. The van der Waals surface area contributed by atoms with E-state index in [1.165, 1.54) is 0 Å². The first-order valence-corrected chi connectivity index (χ1v) is 9.45. The normalized spacial score (nSPS) is 40.8. The first-order chi connectivity index (χ1) is 11.8. The molecule has 3 rings (SSSR count). The van der Waals surface area contributed by atoms with Gasteiger partial charge in [0.25, 0.3) is 0 Å². The first-order valence-electron chi connectivity index (χ1n) is 9.45. The van der Waals surface area contributed by atoms with Crippen molar-refractivity contribution in [1.82, 2.24) is 0 Å². The third kappa shape index (κ3) is 2.99. The summed E-state index contributed by atoms with van der Waals surface area (Å²) in [5.74, 6) is 0.803. The highest BCUT2D eigenvalue weighted by atomic mass is 16.7. The fourth-order valence-corrected chi connectivity index (χ4v) is 5.48. The maximum atomic E-state index is 12.0. The highest BCUT2D eigenvalue weighted by molar-refractivity contribution is 5.90. The van der Waals surface area contributed by atoms with Gasteiger partial charge < -0.3 is 9.47 Å². The Morgan fingerprint density at radius 2 is 2.12 bits per heavy atom. The number of methoxy groups -OCH3 is 1. The van der Waals surface area contributed by atoms with Gasteiger partial charge in [0.1, 0.15) is 6.29 Å². The quantitative estimate of drug-likeness (QED) is 0.553. The van der Waals surface area contributed by atoms with Crippen LogP contribution in [0.5, 0.6) is 0 Å². The van der Waals surface area contributed by atoms with Crippen molar-refractivity contribution in [3.05, 3.63) is 23.3 Å². The summed E-state index contributed by atoms with van der Waals surface area (Å²) < 4.78 is 10.3. The zero-order valence-electron chi connectivity index (χ0n) is 15.8. The lowest BCUT2D eigenvalue weighted by Crippen LogP contribution is -2.50. The predicted octanol–water partition coefficient (Wildman–Crippen LogP) is 4.20. The highest BCUT2D eigenvalue weighted by Crippen LogP contribution is 2.61. The van der Waals surface area contributed by atoms with Gasteiger partial charge in [0.15, 0.2) is 0 Å². The van der Waals surface area contributed by atoms with Crippen LogP contribution in [-0.4, -0.2) is 25.7 Å². The van der Waals surface area contributed by atoms with Crippen LogP contribution in [0.1, 0.15) is 59.3 Å². The molecule has 1 fully saturated rings. The molecule has 0 saturated heterocycles. The topological polar surface area (TPSA) is 52.6 Å². The molecule has 0 bridgehead atoms. The molecule has 0 N–H and O–H groups in total. The van der Waals surface area contributed by atoms with Crippen LogP contribution in [0.15, 0.2) is 23.3 Å². The number of hydrogen-bond acceptors (Lipinski definition) is 4. The molecule has 0 spiro atoms. The fraction of sp³-hybridized carbons (Fsp3) is 0.714. The van der Waals surface area contributed by atoms with Gasteiger partial charge in [-0.25, -0.2) is 4.79 Å². The summed E-state index contributed by atoms with van der Waals surface area (Å²) in [6.07, 6.45) is 10.4. The van der Waals surface area contributed by atoms with Gasteiger partial charge in [0.2, 0.25) is 6.29 Å². The van der Waals surface area contributed by atoms with Gasteiger partial charge in [0.05, 0.1) is 0 Å². The van der Waals surface area contributed by atoms with Gasteiger partial charge >= 0.3 is 5.97 Å². The van der Waals surface area contributed by atoms with Crippen molar-refractivity contribution in [2.45, 2.75) is 65.6 Å². The number of hydrogen-bond donors (Lipinski definition) is 0. The van der Waals surface area contributed by atoms with Crippen molar-refractivity contribution >= 4 is 12.3 Å². The molecule has 0 aromatic rings. The molecule has 1 heterocycles. The number of fused-ring (bicyclic) bond motifs is 1. The monoisotopic (exact) mass is 346 g/mol. The average molecular weight is 346 g/mol. The maximum absolute atomic E-state index is 12.0. The number of rotatable bonds is 5. The number of allylic oxidation sites excluding steroid dienone is 2. The van der Waals surface area contributed by atoms with E-state index in [0.717, 1.165) is 49.5 Å². The summed E-state index contributed by atoms with van der Waals surface area (Å²) in [6, 6.07) is 0. The molecule has 0 aromatic heterocycles. The van der Waals surface area contributed by atoms with Crippen molar-refractivity contribution in [3.8, 4) is 0 Å². The molecule has 0 amide bonds. The molecule has 5 atom stereocenters. The molecule has 1 unspecified atom stereocenters. The minimum Gasteiger partial charge on any atom is -0.429 e. The third-order valence-corrected chi connectivity index (χ3v) is 7.38. The molecule has 0 aromatic carbocycles. The Bertz CT molecular complexity index is 619. The minimum absolute atomic E-state index is 0.0269. The smallest absolute Gasteiger partial charge is 0.336 e. The standard InChI is InChI=1S/C21H30O4/c1-14-8-10-21(3)16(13-22)6-5-7-17(21)20(14,2)11-9-15-12-18(24-4)25-19(15)23/h6,12-14,17-18H,5,7-11H2,1-4H3/t14-,17-,18?,20+,21-/m0/s1. The second-order valence-electron chi connectivity index (χ2n) is 8.47. The number of carbonyl (C=O) groups is 2. The summed E-state index contributed by atoms with van der Waals surface area (Å²) in [5.41, 5.74) is 1.80. The zero-order chi connectivity index (χ0) is 18.2. The fourth-order valence-electron chi connectivity index (χ4n) is 5.48. The number of cyclic esters (lactones) is 1. The molecule has 25 heavy (non-hydrogen) atoms. The second-order valence-corrected chi connectivity index (χ2v) is 8.47. The Labute approximate surface area is 150 Å².